The van der Waals surface area contributed by atoms with Gasteiger partial charge in [0.05, 0.1) is 72.7 Å². The second-order valence-electron chi connectivity index (χ2n) is 11.4. The van der Waals surface area contributed by atoms with Gasteiger partial charge in [-0.05, 0) is 43.0 Å². The molecule has 45 heavy (non-hydrogen) atoms. The van der Waals surface area contributed by atoms with Crippen molar-refractivity contribution in [2.24, 2.45) is 0 Å². The number of hydrogen-bond donors (Lipinski definition) is 0. The lowest BCUT2D eigenvalue weighted by Gasteiger charge is -2.19. The molecular weight excluding hydrogens is 582 g/mol. The molecule has 0 N–H and O–H groups in total. The maximum Gasteiger partial charge on any atom is 0.409 e. The summed E-state index contributed by atoms with van der Waals surface area (Å²) in [5.74, 6) is -0.353. The lowest BCUT2D eigenvalue weighted by Crippen LogP contribution is -2.32. The van der Waals surface area contributed by atoms with Crippen LogP contribution in [0.5, 0.6) is 0 Å². The molecule has 0 heterocycles. The van der Waals surface area contributed by atoms with E-state index in [1.807, 2.05) is 45.0 Å². The van der Waals surface area contributed by atoms with Gasteiger partial charge in [-0.25, -0.2) is 9.59 Å². The minimum Gasteiger partial charge on any atom is -0.458 e. The van der Waals surface area contributed by atoms with Gasteiger partial charge in [-0.15, -0.1) is 0 Å². The highest BCUT2D eigenvalue weighted by Crippen LogP contribution is 2.44. The molecule has 0 aromatic heterocycles. The number of amides is 1. The zero-order valence-electron chi connectivity index (χ0n) is 27.1. The molecule has 0 atom stereocenters. The van der Waals surface area contributed by atoms with Crippen LogP contribution >= 0.6 is 0 Å². The van der Waals surface area contributed by atoms with Gasteiger partial charge in [-0.3, -0.25) is 0 Å². The maximum atomic E-state index is 12.6. The summed E-state index contributed by atoms with van der Waals surface area (Å²) < 4.78 is 43.5. The molecule has 0 unspecified atom stereocenters. The van der Waals surface area contributed by atoms with E-state index in [0.717, 1.165) is 0 Å². The van der Waals surface area contributed by atoms with Crippen LogP contribution in [0, 0.1) is 0 Å². The van der Waals surface area contributed by atoms with Crippen molar-refractivity contribution in [1.82, 2.24) is 4.90 Å². The van der Waals surface area contributed by atoms with Crippen LogP contribution in [0.2, 0.25) is 0 Å². The SMILES string of the molecule is CN(CCOCCOCCOCCOCCOCCOCC(=O)OC(C)(C)C)C(=O)OCC1c2ccccc2-c2ccccc21. The molecule has 0 radical (unpaired) electrons. The van der Waals surface area contributed by atoms with E-state index in [2.05, 4.69) is 24.3 Å². The Morgan fingerprint density at radius 3 is 1.53 bits per heavy atom. The first-order valence-corrected chi connectivity index (χ1v) is 15.5. The largest absolute Gasteiger partial charge is 0.458 e. The van der Waals surface area contributed by atoms with E-state index in [1.54, 1.807) is 7.05 Å². The first kappa shape index (κ1) is 36.4. The molecule has 3 rings (SSSR count). The Morgan fingerprint density at radius 2 is 1.07 bits per heavy atom. The van der Waals surface area contributed by atoms with Gasteiger partial charge >= 0.3 is 12.1 Å². The number of hydrogen-bond acceptors (Lipinski definition) is 10. The molecule has 0 bridgehead atoms. The Kier molecular flexibility index (Phi) is 16.3. The second-order valence-corrected chi connectivity index (χ2v) is 11.4. The smallest absolute Gasteiger partial charge is 0.409 e. The highest BCUT2D eigenvalue weighted by molar-refractivity contribution is 5.79. The fourth-order valence-electron chi connectivity index (χ4n) is 4.62. The molecule has 250 valence electrons. The van der Waals surface area contributed by atoms with Crippen molar-refractivity contribution in [2.45, 2.75) is 32.3 Å². The summed E-state index contributed by atoms with van der Waals surface area (Å²) in [7, 11) is 1.71. The molecule has 0 fully saturated rings. The number of nitrogens with zero attached hydrogens (tertiary/aromatic N) is 1. The van der Waals surface area contributed by atoms with E-state index in [-0.39, 0.29) is 18.6 Å². The summed E-state index contributed by atoms with van der Waals surface area (Å²) in [5.41, 5.74) is 4.27. The number of esters is 1. The van der Waals surface area contributed by atoms with Crippen molar-refractivity contribution in [1.29, 1.82) is 0 Å². The first-order chi connectivity index (χ1) is 21.8. The third kappa shape index (κ3) is 13.9. The molecule has 1 aliphatic carbocycles. The fourth-order valence-corrected chi connectivity index (χ4v) is 4.62. The maximum absolute atomic E-state index is 12.6. The average molecular weight is 632 g/mol. The predicted octanol–water partition coefficient (Wildman–Crippen LogP) is 4.31. The standard InChI is InChI=1S/C34H49NO10/c1-34(2,3)45-32(36)26-43-24-23-42-22-21-41-20-19-40-18-17-39-16-15-38-14-13-35(4)33(37)44-25-31-29-11-7-5-9-27(29)28-10-6-8-12-30(28)31/h5-12,31H,13-26H2,1-4H3. The second kappa shape index (κ2) is 20.1. The highest BCUT2D eigenvalue weighted by Gasteiger charge is 2.29. The topological polar surface area (TPSA) is 111 Å². The first-order valence-electron chi connectivity index (χ1n) is 15.5. The zero-order chi connectivity index (χ0) is 32.3. The molecular formula is C34H49NO10. The predicted molar refractivity (Wildman–Crippen MR) is 168 cm³/mol. The fraction of sp³-hybridized carbons (Fsp3) is 0.588. The van der Waals surface area contributed by atoms with E-state index in [4.69, 9.17) is 37.9 Å². The summed E-state index contributed by atoms with van der Waals surface area (Å²) in [6, 6.07) is 16.6. The lowest BCUT2D eigenvalue weighted by atomic mass is 9.98. The van der Waals surface area contributed by atoms with Crippen molar-refractivity contribution in [3.05, 3.63) is 59.7 Å². The number of benzene rings is 2. The van der Waals surface area contributed by atoms with Gasteiger partial charge in [0.1, 0.15) is 18.8 Å². The highest BCUT2D eigenvalue weighted by atomic mass is 16.6. The number of ether oxygens (including phenoxy) is 8. The van der Waals surface area contributed by atoms with Crippen LogP contribution in [-0.4, -0.2) is 122 Å². The van der Waals surface area contributed by atoms with E-state index in [0.29, 0.717) is 85.8 Å². The summed E-state index contributed by atoms with van der Waals surface area (Å²) >= 11 is 0. The summed E-state index contributed by atoms with van der Waals surface area (Å²) in [6.07, 6.45) is -0.368. The van der Waals surface area contributed by atoms with Crippen LogP contribution in [0.25, 0.3) is 11.1 Å². The van der Waals surface area contributed by atoms with Crippen molar-refractivity contribution in [2.75, 3.05) is 99.5 Å². The molecule has 1 aliphatic rings. The summed E-state index contributed by atoms with van der Waals surface area (Å²) in [4.78, 5) is 25.6. The van der Waals surface area contributed by atoms with Crippen molar-refractivity contribution in [3.63, 3.8) is 0 Å². The normalized spacial score (nSPS) is 12.5. The molecule has 0 saturated heterocycles. The van der Waals surface area contributed by atoms with E-state index in [9.17, 15) is 9.59 Å². The van der Waals surface area contributed by atoms with Gasteiger partial charge in [0.2, 0.25) is 0 Å². The monoisotopic (exact) mass is 631 g/mol. The lowest BCUT2D eigenvalue weighted by molar-refractivity contribution is -0.160. The van der Waals surface area contributed by atoms with E-state index >= 15 is 0 Å². The van der Waals surface area contributed by atoms with Crippen LogP contribution in [0.1, 0.15) is 37.8 Å². The van der Waals surface area contributed by atoms with Crippen LogP contribution in [0.3, 0.4) is 0 Å². The molecule has 0 aliphatic heterocycles. The van der Waals surface area contributed by atoms with Crippen molar-refractivity contribution in [3.8, 4) is 11.1 Å². The van der Waals surface area contributed by atoms with Gasteiger partial charge in [-0.1, -0.05) is 48.5 Å². The molecule has 0 spiro atoms. The summed E-state index contributed by atoms with van der Waals surface area (Å²) in [6.45, 7) is 10.7. The van der Waals surface area contributed by atoms with Crippen molar-refractivity contribution >= 4 is 12.1 Å². The minimum absolute atomic E-state index is 0.0377. The van der Waals surface area contributed by atoms with Gasteiger partial charge in [0, 0.05) is 19.5 Å². The van der Waals surface area contributed by atoms with Gasteiger partial charge in [0.15, 0.2) is 0 Å². The Hall–Kier alpha value is -3.06. The molecule has 2 aromatic carbocycles. The van der Waals surface area contributed by atoms with Crippen LogP contribution in [-0.2, 0) is 42.7 Å². The molecule has 2 aromatic rings. The zero-order valence-corrected chi connectivity index (χ0v) is 27.1. The van der Waals surface area contributed by atoms with Crippen LogP contribution in [0.4, 0.5) is 4.79 Å². The minimum atomic E-state index is -0.516. The van der Waals surface area contributed by atoms with Crippen molar-refractivity contribution < 1.29 is 47.5 Å². The Balaban J connectivity index is 1.08. The number of carbonyl (C=O) groups is 2. The third-order valence-electron chi connectivity index (χ3n) is 6.72. The Labute approximate surface area is 267 Å². The molecule has 1 amide bonds. The van der Waals surface area contributed by atoms with Crippen LogP contribution < -0.4 is 0 Å². The molecule has 11 heteroatoms. The molecule has 11 nitrogen and oxygen atoms in total. The third-order valence-corrected chi connectivity index (χ3v) is 6.72. The van der Waals surface area contributed by atoms with E-state index in [1.165, 1.54) is 27.2 Å². The number of rotatable bonds is 22. The number of carbonyl (C=O) groups excluding carboxylic acids is 2. The average Bonchev–Trinajstić information content (AvgIpc) is 3.33. The van der Waals surface area contributed by atoms with Gasteiger partial charge in [-0.2, -0.15) is 0 Å². The van der Waals surface area contributed by atoms with E-state index < -0.39 is 11.6 Å². The number of likely N-dealkylation sites (N-methyl/N-ethyl adjacent to an activating group) is 1. The Bertz CT molecular complexity index is 1110. The van der Waals surface area contributed by atoms with Gasteiger partial charge < -0.3 is 42.8 Å². The molecule has 0 saturated carbocycles. The van der Waals surface area contributed by atoms with Gasteiger partial charge in [0.25, 0.3) is 0 Å². The van der Waals surface area contributed by atoms with Crippen LogP contribution in [0.15, 0.2) is 48.5 Å². The quantitative estimate of drug-likeness (QED) is 0.138. The number of fused-ring (bicyclic) bond motifs is 3. The Morgan fingerprint density at radius 1 is 0.644 bits per heavy atom. The summed E-state index contributed by atoms with van der Waals surface area (Å²) in [5, 5.41) is 0.